The highest BCUT2D eigenvalue weighted by atomic mass is 16.5. The van der Waals surface area contributed by atoms with Crippen molar-refractivity contribution in [3.8, 4) is 17.0 Å². The molecule has 29 heavy (non-hydrogen) atoms. The molecule has 1 saturated heterocycles. The Morgan fingerprint density at radius 3 is 2.69 bits per heavy atom. The third-order valence-electron chi connectivity index (χ3n) is 5.50. The van der Waals surface area contributed by atoms with E-state index in [0.29, 0.717) is 5.56 Å². The number of aromatic nitrogens is 1. The normalized spacial score (nSPS) is 16.1. The smallest absolute Gasteiger partial charge is 0.254 e. The van der Waals surface area contributed by atoms with Gasteiger partial charge in [0.15, 0.2) is 0 Å². The molecule has 2 aromatic carbocycles. The summed E-state index contributed by atoms with van der Waals surface area (Å²) in [5.41, 5.74) is 5.86. The molecule has 4 heteroatoms. The first kappa shape index (κ1) is 19.2. The number of likely N-dealkylation sites (tertiary alicyclic amines) is 1. The second-order valence-electron chi connectivity index (χ2n) is 7.69. The van der Waals surface area contributed by atoms with Gasteiger partial charge in [0.2, 0.25) is 0 Å². The Kier molecular flexibility index (Phi) is 5.34. The number of aryl methyl sites for hydroxylation is 2. The van der Waals surface area contributed by atoms with Crippen molar-refractivity contribution in [2.75, 3.05) is 13.7 Å². The summed E-state index contributed by atoms with van der Waals surface area (Å²) in [6, 6.07) is 20.1. The predicted molar refractivity (Wildman–Crippen MR) is 115 cm³/mol. The summed E-state index contributed by atoms with van der Waals surface area (Å²) in [5.74, 6) is 0.895. The molecule has 0 aliphatic carbocycles. The molecule has 0 saturated carbocycles. The van der Waals surface area contributed by atoms with Crippen LogP contribution in [0.1, 0.15) is 46.1 Å². The molecule has 0 bridgehead atoms. The number of nitrogens with zero attached hydrogens (tertiary/aromatic N) is 2. The van der Waals surface area contributed by atoms with Crippen LogP contribution < -0.4 is 4.74 Å². The van der Waals surface area contributed by atoms with Gasteiger partial charge in [-0.1, -0.05) is 24.3 Å². The summed E-state index contributed by atoms with van der Waals surface area (Å²) < 4.78 is 5.37. The van der Waals surface area contributed by atoms with Crippen LogP contribution in [0.5, 0.6) is 5.75 Å². The second kappa shape index (κ2) is 8.08. The molecule has 1 atom stereocenters. The van der Waals surface area contributed by atoms with Crippen molar-refractivity contribution in [3.05, 3.63) is 83.0 Å². The Labute approximate surface area is 172 Å². The first-order valence-electron chi connectivity index (χ1n) is 10.1. The number of carbonyl (C=O) groups excluding carboxylic acids is 1. The van der Waals surface area contributed by atoms with Gasteiger partial charge in [0, 0.05) is 23.4 Å². The molecular formula is C25H26N2O2. The Morgan fingerprint density at radius 1 is 1.07 bits per heavy atom. The minimum atomic E-state index is 0.0709. The topological polar surface area (TPSA) is 42.4 Å². The van der Waals surface area contributed by atoms with Crippen LogP contribution in [-0.2, 0) is 0 Å². The Bertz CT molecular complexity index is 1020. The number of carbonyl (C=O) groups is 1. The number of hydrogen-bond donors (Lipinski definition) is 0. The molecule has 148 valence electrons. The molecule has 1 fully saturated rings. The van der Waals surface area contributed by atoms with Crippen LogP contribution >= 0.6 is 0 Å². The van der Waals surface area contributed by atoms with Gasteiger partial charge in [0.1, 0.15) is 5.75 Å². The summed E-state index contributed by atoms with van der Waals surface area (Å²) in [7, 11) is 1.67. The van der Waals surface area contributed by atoms with Crippen molar-refractivity contribution in [2.45, 2.75) is 32.7 Å². The molecule has 3 aromatic rings. The average molecular weight is 386 g/mol. The van der Waals surface area contributed by atoms with Gasteiger partial charge in [-0.15, -0.1) is 0 Å². The maximum absolute atomic E-state index is 13.4. The Balaban J connectivity index is 1.63. The third kappa shape index (κ3) is 4.02. The zero-order valence-corrected chi connectivity index (χ0v) is 17.2. The van der Waals surface area contributed by atoms with Gasteiger partial charge in [0.25, 0.3) is 5.91 Å². The van der Waals surface area contributed by atoms with Crippen molar-refractivity contribution < 1.29 is 9.53 Å². The maximum Gasteiger partial charge on any atom is 0.254 e. The van der Waals surface area contributed by atoms with E-state index in [0.717, 1.165) is 47.7 Å². The summed E-state index contributed by atoms with van der Waals surface area (Å²) >= 11 is 0. The summed E-state index contributed by atoms with van der Waals surface area (Å²) in [6.07, 6.45) is 1.98. The van der Waals surface area contributed by atoms with Gasteiger partial charge in [-0.3, -0.25) is 9.78 Å². The number of methoxy groups -OCH3 is 1. The van der Waals surface area contributed by atoms with Crippen LogP contribution in [0.15, 0.2) is 60.7 Å². The van der Waals surface area contributed by atoms with E-state index in [1.165, 1.54) is 5.56 Å². The lowest BCUT2D eigenvalue weighted by Crippen LogP contribution is -2.30. The van der Waals surface area contributed by atoms with Crippen LogP contribution in [-0.4, -0.2) is 29.4 Å². The third-order valence-corrected chi connectivity index (χ3v) is 5.50. The molecule has 1 aromatic heterocycles. The van der Waals surface area contributed by atoms with Gasteiger partial charge < -0.3 is 9.64 Å². The molecule has 0 radical (unpaired) electrons. The zero-order valence-electron chi connectivity index (χ0n) is 17.2. The van der Waals surface area contributed by atoms with Crippen molar-refractivity contribution in [1.29, 1.82) is 0 Å². The number of amides is 1. The first-order valence-corrected chi connectivity index (χ1v) is 10.1. The standard InChI is InChI=1S/C25H26N2O2/c1-17-13-18(2)26-23(14-17)19-7-4-9-21(15-19)25(28)27-12-6-11-24(27)20-8-5-10-22(16-20)29-3/h4-5,7-10,13-16,24H,6,11-12H2,1-3H3/t24-/m0/s1. The van der Waals surface area contributed by atoms with E-state index in [-0.39, 0.29) is 11.9 Å². The maximum atomic E-state index is 13.4. The van der Waals surface area contributed by atoms with Gasteiger partial charge in [-0.05, 0) is 74.2 Å². The average Bonchev–Trinajstić information content (AvgIpc) is 3.22. The van der Waals surface area contributed by atoms with Gasteiger partial charge in [-0.25, -0.2) is 0 Å². The second-order valence-corrected chi connectivity index (χ2v) is 7.69. The zero-order chi connectivity index (χ0) is 20.4. The van der Waals surface area contributed by atoms with Crippen LogP contribution in [0.4, 0.5) is 0 Å². The van der Waals surface area contributed by atoms with E-state index in [1.54, 1.807) is 7.11 Å². The molecule has 4 nitrogen and oxygen atoms in total. The van der Waals surface area contributed by atoms with Gasteiger partial charge in [0.05, 0.1) is 18.8 Å². The van der Waals surface area contributed by atoms with Crippen molar-refractivity contribution >= 4 is 5.91 Å². The van der Waals surface area contributed by atoms with E-state index in [4.69, 9.17) is 4.74 Å². The lowest BCUT2D eigenvalue weighted by atomic mass is 10.0. The van der Waals surface area contributed by atoms with Gasteiger partial charge in [-0.2, -0.15) is 0 Å². The lowest BCUT2D eigenvalue weighted by molar-refractivity contribution is 0.0735. The highest BCUT2D eigenvalue weighted by molar-refractivity contribution is 5.95. The van der Waals surface area contributed by atoms with Crippen LogP contribution in [0, 0.1) is 13.8 Å². The molecule has 1 aliphatic heterocycles. The molecule has 1 aliphatic rings. The first-order chi connectivity index (χ1) is 14.0. The van der Waals surface area contributed by atoms with Crippen LogP contribution in [0.25, 0.3) is 11.3 Å². The molecule has 1 amide bonds. The number of hydrogen-bond acceptors (Lipinski definition) is 3. The fourth-order valence-electron chi connectivity index (χ4n) is 4.17. The molecule has 0 spiro atoms. The van der Waals surface area contributed by atoms with E-state index in [9.17, 15) is 4.79 Å². The lowest BCUT2D eigenvalue weighted by Gasteiger charge is -2.25. The SMILES string of the molecule is COc1cccc([C@@H]2CCCN2C(=O)c2cccc(-c3cc(C)cc(C)n3)c2)c1. The fraction of sp³-hybridized carbons (Fsp3) is 0.280. The monoisotopic (exact) mass is 386 g/mol. The Hall–Kier alpha value is -3.14. The highest BCUT2D eigenvalue weighted by Gasteiger charge is 2.31. The minimum absolute atomic E-state index is 0.0709. The fourth-order valence-corrected chi connectivity index (χ4v) is 4.17. The van der Waals surface area contributed by atoms with Crippen molar-refractivity contribution in [2.24, 2.45) is 0 Å². The van der Waals surface area contributed by atoms with E-state index < -0.39 is 0 Å². The summed E-state index contributed by atoms with van der Waals surface area (Å²) in [6.45, 7) is 4.83. The van der Waals surface area contributed by atoms with E-state index in [2.05, 4.69) is 30.1 Å². The van der Waals surface area contributed by atoms with Crippen LogP contribution in [0.2, 0.25) is 0 Å². The Morgan fingerprint density at radius 2 is 1.90 bits per heavy atom. The molecule has 0 unspecified atom stereocenters. The van der Waals surface area contributed by atoms with E-state index in [1.807, 2.05) is 54.3 Å². The quantitative estimate of drug-likeness (QED) is 0.607. The number of ether oxygens (including phenoxy) is 1. The van der Waals surface area contributed by atoms with E-state index >= 15 is 0 Å². The van der Waals surface area contributed by atoms with Crippen molar-refractivity contribution in [1.82, 2.24) is 9.88 Å². The van der Waals surface area contributed by atoms with Gasteiger partial charge >= 0.3 is 0 Å². The minimum Gasteiger partial charge on any atom is -0.497 e. The van der Waals surface area contributed by atoms with Crippen molar-refractivity contribution in [3.63, 3.8) is 0 Å². The number of pyridine rings is 1. The van der Waals surface area contributed by atoms with Crippen LogP contribution in [0.3, 0.4) is 0 Å². The number of benzene rings is 2. The summed E-state index contributed by atoms with van der Waals surface area (Å²) in [4.78, 5) is 20.0. The predicted octanol–water partition coefficient (Wildman–Crippen LogP) is 5.35. The largest absolute Gasteiger partial charge is 0.497 e. The molecular weight excluding hydrogens is 360 g/mol. The summed E-state index contributed by atoms with van der Waals surface area (Å²) in [5, 5.41) is 0. The molecule has 2 heterocycles. The number of rotatable bonds is 4. The molecule has 0 N–H and O–H groups in total. The highest BCUT2D eigenvalue weighted by Crippen LogP contribution is 2.35. The molecule has 4 rings (SSSR count).